The van der Waals surface area contributed by atoms with Crippen molar-refractivity contribution in [2.45, 2.75) is 0 Å². The Hall–Kier alpha value is -8.48. The van der Waals surface area contributed by atoms with Crippen LogP contribution in [0.15, 0.2) is 134 Å². The highest BCUT2D eigenvalue weighted by atomic mass is 32.1. The molecule has 0 spiro atoms. The van der Waals surface area contributed by atoms with Crippen molar-refractivity contribution in [2.24, 2.45) is 0 Å². The topological polar surface area (TPSA) is 192 Å². The zero-order valence-electron chi connectivity index (χ0n) is 30.8. The van der Waals surface area contributed by atoms with Gasteiger partial charge in [0.1, 0.15) is 21.0 Å². The van der Waals surface area contributed by atoms with Crippen molar-refractivity contribution in [1.29, 1.82) is 0 Å². The molecule has 14 heteroatoms. The van der Waals surface area contributed by atoms with Crippen LogP contribution >= 0.6 is 22.7 Å². The number of pyridine rings is 3. The molecule has 0 aliphatic rings. The van der Waals surface area contributed by atoms with E-state index in [9.17, 15) is 14.4 Å². The van der Waals surface area contributed by atoms with Gasteiger partial charge in [-0.05, 0) is 60.4 Å². The van der Waals surface area contributed by atoms with E-state index in [1.54, 1.807) is 30.7 Å². The Labute approximate surface area is 348 Å². The Bertz CT molecular complexity index is 3120. The molecule has 0 radical (unpaired) electrons. The van der Waals surface area contributed by atoms with Crippen LogP contribution in [0.3, 0.4) is 0 Å². The second-order valence-electron chi connectivity index (χ2n) is 12.3. The van der Waals surface area contributed by atoms with E-state index in [0.29, 0.717) is 9.88 Å². The molecule has 6 aromatic heterocycles. The van der Waals surface area contributed by atoms with Crippen LogP contribution in [0.2, 0.25) is 0 Å². The van der Waals surface area contributed by atoms with Crippen LogP contribution in [0.25, 0.3) is 32.7 Å². The van der Waals surface area contributed by atoms with Gasteiger partial charge in [0, 0.05) is 51.4 Å². The smallest absolute Gasteiger partial charge is 0.347 e. The third kappa shape index (κ3) is 10.3. The molecule has 0 bridgehead atoms. The first-order valence-corrected chi connectivity index (χ1v) is 19.2. The van der Waals surface area contributed by atoms with Crippen LogP contribution < -0.4 is 0 Å². The highest BCUT2D eigenvalue weighted by Crippen LogP contribution is 2.17. The summed E-state index contributed by atoms with van der Waals surface area (Å²) in [7, 11) is 0. The van der Waals surface area contributed by atoms with Gasteiger partial charge in [0.2, 0.25) is 0 Å². The Morgan fingerprint density at radius 2 is 0.983 bits per heavy atom. The number of thiazole rings is 1. The van der Waals surface area contributed by atoms with Gasteiger partial charge in [-0.15, -0.1) is 11.3 Å². The molecule has 9 rings (SSSR count). The van der Waals surface area contributed by atoms with E-state index in [1.807, 2.05) is 91.0 Å². The summed E-state index contributed by atoms with van der Waals surface area (Å²) in [6, 6.07) is 32.5. The molecule has 9 aromatic rings. The summed E-state index contributed by atoms with van der Waals surface area (Å²) in [5, 5.41) is 36.4. The highest BCUT2D eigenvalue weighted by Gasteiger charge is 2.10. The minimum Gasteiger partial charge on any atom is -0.478 e. The normalized spacial score (nSPS) is 10.0. The van der Waals surface area contributed by atoms with Gasteiger partial charge in [-0.2, -0.15) is 5.10 Å². The molecule has 0 aliphatic carbocycles. The Morgan fingerprint density at radius 3 is 1.47 bits per heavy atom. The number of fused-ring (bicyclic) bond motifs is 3. The molecule has 0 aliphatic heterocycles. The highest BCUT2D eigenvalue weighted by molar-refractivity contribution is 7.14. The molecule has 0 fully saturated rings. The van der Waals surface area contributed by atoms with E-state index in [4.69, 9.17) is 15.3 Å². The Balaban J connectivity index is 0.000000136. The van der Waals surface area contributed by atoms with Crippen molar-refractivity contribution in [3.05, 3.63) is 182 Å². The van der Waals surface area contributed by atoms with Gasteiger partial charge >= 0.3 is 17.9 Å². The van der Waals surface area contributed by atoms with Gasteiger partial charge in [0.25, 0.3) is 0 Å². The van der Waals surface area contributed by atoms with Gasteiger partial charge in [-0.1, -0.05) is 89.6 Å². The third-order valence-corrected chi connectivity index (χ3v) is 10.0. The number of carboxylic acids is 3. The zero-order chi connectivity index (χ0) is 41.8. The summed E-state index contributed by atoms with van der Waals surface area (Å²) in [6.45, 7) is 0. The third-order valence-electron chi connectivity index (χ3n) is 8.15. The van der Waals surface area contributed by atoms with Crippen molar-refractivity contribution in [3.63, 3.8) is 0 Å². The average Bonchev–Trinajstić information content (AvgIpc) is 4.07. The first-order valence-electron chi connectivity index (χ1n) is 17.6. The van der Waals surface area contributed by atoms with E-state index < -0.39 is 17.9 Å². The van der Waals surface area contributed by atoms with Gasteiger partial charge in [-0.3, -0.25) is 20.1 Å². The first kappa shape index (κ1) is 39.7. The lowest BCUT2D eigenvalue weighted by atomic mass is 10.1. The molecule has 12 nitrogen and oxygen atoms in total. The lowest BCUT2D eigenvalue weighted by Crippen LogP contribution is -1.96. The van der Waals surface area contributed by atoms with Gasteiger partial charge in [0.15, 0.2) is 5.01 Å². The fourth-order valence-corrected chi connectivity index (χ4v) is 6.61. The van der Waals surface area contributed by atoms with Gasteiger partial charge in [-0.25, -0.2) is 19.4 Å². The number of nitrogens with zero attached hydrogens (tertiary/aromatic N) is 5. The van der Waals surface area contributed by atoms with Crippen LogP contribution in [-0.2, 0) is 0 Å². The van der Waals surface area contributed by atoms with Crippen molar-refractivity contribution >= 4 is 73.3 Å². The number of hydrogen-bond acceptors (Lipinski definition) is 10. The molecule has 0 atom stereocenters. The fraction of sp³-hybridized carbons (Fsp3) is 0. The van der Waals surface area contributed by atoms with E-state index in [2.05, 4.69) is 65.7 Å². The SMILES string of the molecule is O=C(O)c1ccc(C#Cc2cnc3ccccc3c2)s1.O=C(O)c1cn[nH]c1C#Cc1cnc2ccccc2c1.O=C(O)c1cnc(C#Cc2cnc3ccccc3c2)s1. The number of rotatable bonds is 3. The number of benzene rings is 3. The molecule has 0 saturated carbocycles. The molecule has 0 saturated heterocycles. The predicted molar refractivity (Wildman–Crippen MR) is 229 cm³/mol. The van der Waals surface area contributed by atoms with Crippen molar-refractivity contribution < 1.29 is 29.7 Å². The van der Waals surface area contributed by atoms with Crippen molar-refractivity contribution in [2.75, 3.05) is 0 Å². The largest absolute Gasteiger partial charge is 0.478 e. The lowest BCUT2D eigenvalue weighted by molar-refractivity contribution is 0.0687. The van der Waals surface area contributed by atoms with Crippen molar-refractivity contribution in [3.8, 4) is 35.5 Å². The molecular weight excluding hydrogens is 797 g/mol. The van der Waals surface area contributed by atoms with Gasteiger partial charge < -0.3 is 15.3 Å². The van der Waals surface area contributed by atoms with Crippen molar-refractivity contribution in [1.82, 2.24) is 30.1 Å². The van der Waals surface area contributed by atoms with E-state index in [1.165, 1.54) is 23.7 Å². The van der Waals surface area contributed by atoms with Crippen LogP contribution in [0.5, 0.6) is 0 Å². The van der Waals surface area contributed by atoms with Crippen LogP contribution in [-0.4, -0.2) is 63.4 Å². The maximum atomic E-state index is 10.9. The van der Waals surface area contributed by atoms with Gasteiger partial charge in [0.05, 0.1) is 33.8 Å². The quantitative estimate of drug-likeness (QED) is 0.126. The van der Waals surface area contributed by atoms with E-state index >= 15 is 0 Å². The number of nitrogens with one attached hydrogen (secondary N) is 1. The minimum absolute atomic E-state index is 0.0613. The second kappa shape index (κ2) is 18.6. The summed E-state index contributed by atoms with van der Waals surface area (Å²) in [5.41, 5.74) is 5.39. The number of aromatic nitrogens is 6. The number of H-pyrrole nitrogens is 1. The molecule has 4 N–H and O–H groups in total. The lowest BCUT2D eigenvalue weighted by Gasteiger charge is -1.96. The number of thiophene rings is 1. The number of hydrogen-bond donors (Lipinski definition) is 4. The predicted octanol–water partition coefficient (Wildman–Crippen LogP) is 8.24. The Kier molecular flexibility index (Phi) is 12.3. The maximum absolute atomic E-state index is 10.9. The summed E-state index contributed by atoms with van der Waals surface area (Å²) in [4.78, 5) is 50.6. The molecule has 0 amide bonds. The fourth-order valence-electron chi connectivity index (χ4n) is 5.31. The molecule has 60 heavy (non-hydrogen) atoms. The Morgan fingerprint density at radius 1 is 0.483 bits per heavy atom. The zero-order valence-corrected chi connectivity index (χ0v) is 32.5. The summed E-state index contributed by atoms with van der Waals surface area (Å²) in [6.07, 6.45) is 7.63. The number of aromatic amines is 1. The molecule has 6 heterocycles. The summed E-state index contributed by atoms with van der Waals surface area (Å²) < 4.78 is 0. The van der Waals surface area contributed by atoms with Crippen LogP contribution in [0.4, 0.5) is 0 Å². The molecular formula is C46H26N6O6S2. The second-order valence-corrected chi connectivity index (χ2v) is 14.4. The maximum Gasteiger partial charge on any atom is 0.347 e. The average molecular weight is 823 g/mol. The standard InChI is InChI=1S/C16H9NO2S.C15H9N3O2.C15H8N2O2S/c18-16(19)15-8-7-13(20-15)6-5-11-9-12-3-1-2-4-14(12)17-10-11;19-15(20)12-9-17-18-14(12)6-5-10-7-11-3-1-2-4-13(11)16-8-10;18-15(19)13-9-17-14(20-13)6-5-10-7-11-3-1-2-4-12(11)16-8-10/h1-4,7-10H,(H,18,19);1-4,7-9H,(H,17,18)(H,19,20);1-4,7-9H,(H,18,19). The number of aromatic carboxylic acids is 3. The summed E-state index contributed by atoms with van der Waals surface area (Å²) in [5.74, 6) is 14.5. The molecule has 0 unspecified atom stereocenters. The number of carboxylic acid groups (broad SMARTS) is 3. The van der Waals surface area contributed by atoms with E-state index in [0.717, 1.165) is 65.6 Å². The molecule has 3 aromatic carbocycles. The number of para-hydroxylation sites is 3. The monoisotopic (exact) mass is 822 g/mol. The van der Waals surface area contributed by atoms with E-state index in [-0.39, 0.29) is 16.1 Å². The summed E-state index contributed by atoms with van der Waals surface area (Å²) >= 11 is 2.23. The van der Waals surface area contributed by atoms with Crippen LogP contribution in [0.1, 0.15) is 62.0 Å². The number of carbonyl (C=O) groups is 3. The molecule has 288 valence electrons. The minimum atomic E-state index is -1.06. The first-order chi connectivity index (χ1) is 29.2. The van der Waals surface area contributed by atoms with Crippen LogP contribution in [0, 0.1) is 35.5 Å².